The molecule has 0 aliphatic carbocycles. The van der Waals surface area contributed by atoms with Crippen LogP contribution in [0.3, 0.4) is 0 Å². The first-order valence-electron chi connectivity index (χ1n) is 9.56. The fraction of sp³-hybridized carbons (Fsp3) is 0.286. The van der Waals surface area contributed by atoms with Crippen LogP contribution in [0.15, 0.2) is 39.9 Å². The molecule has 2 amide bonds. The molecule has 1 aliphatic heterocycles. The second-order valence-corrected chi connectivity index (χ2v) is 7.43. The van der Waals surface area contributed by atoms with E-state index in [0.29, 0.717) is 12.8 Å². The molecule has 3 aromatic rings. The molecule has 4 rings (SSSR count). The zero-order valence-electron chi connectivity index (χ0n) is 16.9. The number of hydrogen-bond acceptors (Lipinski definition) is 5. The second kappa shape index (κ2) is 7.25. The number of hydrogen-bond donors (Lipinski definition) is 2. The van der Waals surface area contributed by atoms with E-state index in [1.54, 1.807) is 0 Å². The number of aromatic nitrogens is 3. The first-order valence-corrected chi connectivity index (χ1v) is 9.56. The average Bonchev–Trinajstić information content (AvgIpc) is 2.75. The van der Waals surface area contributed by atoms with Crippen molar-refractivity contribution in [3.05, 3.63) is 68.0 Å². The van der Waals surface area contributed by atoms with Crippen LogP contribution < -0.4 is 21.9 Å². The summed E-state index contributed by atoms with van der Waals surface area (Å²) in [6.07, 6.45) is 1.10. The Hall–Kier alpha value is -3.75. The Balaban J connectivity index is 1.61. The molecule has 0 radical (unpaired) electrons. The average molecular weight is 407 g/mol. The predicted octanol–water partition coefficient (Wildman–Crippen LogP) is 1.01. The van der Waals surface area contributed by atoms with Gasteiger partial charge in [-0.2, -0.15) is 0 Å². The Morgan fingerprint density at radius 2 is 1.87 bits per heavy atom. The molecule has 0 fully saturated rings. The van der Waals surface area contributed by atoms with E-state index in [0.717, 1.165) is 21.4 Å². The van der Waals surface area contributed by atoms with Gasteiger partial charge >= 0.3 is 5.69 Å². The van der Waals surface area contributed by atoms with Gasteiger partial charge in [0, 0.05) is 26.2 Å². The normalized spacial score (nSPS) is 14.2. The number of pyridine rings is 1. The summed E-state index contributed by atoms with van der Waals surface area (Å²) in [5.41, 5.74) is 2.04. The fourth-order valence-electron chi connectivity index (χ4n) is 3.61. The van der Waals surface area contributed by atoms with Gasteiger partial charge in [0.15, 0.2) is 0 Å². The highest BCUT2D eigenvalue weighted by molar-refractivity contribution is 5.95. The lowest BCUT2D eigenvalue weighted by molar-refractivity contribution is -0.116. The summed E-state index contributed by atoms with van der Waals surface area (Å²) < 4.78 is 2.25. The van der Waals surface area contributed by atoms with Crippen molar-refractivity contribution in [2.75, 3.05) is 5.32 Å². The van der Waals surface area contributed by atoms with Crippen molar-refractivity contribution in [2.45, 2.75) is 25.8 Å². The van der Waals surface area contributed by atoms with Gasteiger partial charge in [-0.3, -0.25) is 23.5 Å². The van der Waals surface area contributed by atoms with Crippen LogP contribution in [0.4, 0.5) is 5.69 Å². The number of rotatable bonds is 3. The SMILES string of the molecule is C[C@@H](NC(=O)c1ccc2c(=O)n(C)c(=O)n(C)c2n1)c1ccc2c(c1)CCC(=O)N2. The smallest absolute Gasteiger partial charge is 0.332 e. The predicted molar refractivity (Wildman–Crippen MR) is 111 cm³/mol. The molecule has 2 aromatic heterocycles. The fourth-order valence-corrected chi connectivity index (χ4v) is 3.61. The Labute approximate surface area is 171 Å². The Bertz CT molecular complexity index is 1320. The van der Waals surface area contributed by atoms with Gasteiger partial charge in [-0.1, -0.05) is 12.1 Å². The molecule has 0 saturated carbocycles. The molecule has 0 spiro atoms. The number of aryl methyl sites for hydroxylation is 2. The Kier molecular flexibility index (Phi) is 4.73. The van der Waals surface area contributed by atoms with E-state index < -0.39 is 17.2 Å². The molecule has 9 nitrogen and oxygen atoms in total. The maximum Gasteiger partial charge on any atom is 0.332 e. The van der Waals surface area contributed by atoms with E-state index in [1.807, 2.05) is 25.1 Å². The van der Waals surface area contributed by atoms with Crippen LogP contribution in [-0.4, -0.2) is 25.9 Å². The van der Waals surface area contributed by atoms with Gasteiger partial charge in [0.25, 0.3) is 11.5 Å². The number of carbonyl (C=O) groups is 2. The van der Waals surface area contributed by atoms with Crippen molar-refractivity contribution in [1.29, 1.82) is 0 Å². The second-order valence-electron chi connectivity index (χ2n) is 7.43. The van der Waals surface area contributed by atoms with Crippen molar-refractivity contribution >= 4 is 28.5 Å². The molecule has 3 heterocycles. The first kappa shape index (κ1) is 19.6. The maximum absolute atomic E-state index is 12.8. The molecule has 30 heavy (non-hydrogen) atoms. The van der Waals surface area contributed by atoms with Gasteiger partial charge in [0.1, 0.15) is 11.3 Å². The van der Waals surface area contributed by atoms with Crippen LogP contribution in [0.1, 0.15) is 41.0 Å². The van der Waals surface area contributed by atoms with Crippen LogP contribution in [-0.2, 0) is 25.3 Å². The number of benzene rings is 1. The third kappa shape index (κ3) is 3.28. The zero-order chi connectivity index (χ0) is 21.6. The van der Waals surface area contributed by atoms with Gasteiger partial charge in [-0.15, -0.1) is 0 Å². The van der Waals surface area contributed by atoms with Crippen LogP contribution in [0.2, 0.25) is 0 Å². The summed E-state index contributed by atoms with van der Waals surface area (Å²) in [5, 5.41) is 5.99. The summed E-state index contributed by atoms with van der Waals surface area (Å²) in [6.45, 7) is 1.85. The third-order valence-corrected chi connectivity index (χ3v) is 5.41. The number of fused-ring (bicyclic) bond motifs is 2. The quantitative estimate of drug-likeness (QED) is 0.672. The molecular formula is C21H21N5O4. The van der Waals surface area contributed by atoms with Gasteiger partial charge in [-0.25, -0.2) is 9.78 Å². The van der Waals surface area contributed by atoms with Gasteiger partial charge in [-0.05, 0) is 42.7 Å². The van der Waals surface area contributed by atoms with E-state index in [-0.39, 0.29) is 28.7 Å². The third-order valence-electron chi connectivity index (χ3n) is 5.41. The van der Waals surface area contributed by atoms with Gasteiger partial charge in [0.2, 0.25) is 5.91 Å². The summed E-state index contributed by atoms with van der Waals surface area (Å²) in [7, 11) is 2.91. The zero-order valence-corrected chi connectivity index (χ0v) is 16.9. The Morgan fingerprint density at radius 1 is 1.10 bits per heavy atom. The molecular weight excluding hydrogens is 386 g/mol. The highest BCUT2D eigenvalue weighted by Crippen LogP contribution is 2.26. The van der Waals surface area contributed by atoms with Gasteiger partial charge in [0.05, 0.1) is 11.4 Å². The van der Waals surface area contributed by atoms with E-state index in [9.17, 15) is 19.2 Å². The molecule has 1 aliphatic rings. The van der Waals surface area contributed by atoms with Crippen molar-refractivity contribution in [3.8, 4) is 0 Å². The van der Waals surface area contributed by atoms with Crippen molar-refractivity contribution in [2.24, 2.45) is 14.1 Å². The lowest BCUT2D eigenvalue weighted by Crippen LogP contribution is -2.37. The largest absolute Gasteiger partial charge is 0.344 e. The highest BCUT2D eigenvalue weighted by Gasteiger charge is 2.19. The lowest BCUT2D eigenvalue weighted by atomic mass is 9.98. The number of nitrogens with one attached hydrogen (secondary N) is 2. The molecule has 0 bridgehead atoms. The summed E-state index contributed by atoms with van der Waals surface area (Å²) in [5.74, 6) is -0.410. The number of nitrogens with zero attached hydrogens (tertiary/aromatic N) is 3. The Morgan fingerprint density at radius 3 is 2.63 bits per heavy atom. The van der Waals surface area contributed by atoms with Gasteiger partial charge < -0.3 is 10.6 Å². The maximum atomic E-state index is 12.8. The molecule has 1 aromatic carbocycles. The molecule has 9 heteroatoms. The number of carbonyl (C=O) groups excluding carboxylic acids is 2. The lowest BCUT2D eigenvalue weighted by Gasteiger charge is -2.20. The van der Waals surface area contributed by atoms with Crippen LogP contribution in [0.25, 0.3) is 11.0 Å². The molecule has 0 unspecified atom stereocenters. The molecule has 1 atom stereocenters. The summed E-state index contributed by atoms with van der Waals surface area (Å²) in [6, 6.07) is 8.34. The number of anilines is 1. The van der Waals surface area contributed by atoms with E-state index in [1.165, 1.54) is 30.8 Å². The summed E-state index contributed by atoms with van der Waals surface area (Å²) >= 11 is 0. The summed E-state index contributed by atoms with van der Waals surface area (Å²) in [4.78, 5) is 52.9. The van der Waals surface area contributed by atoms with Crippen LogP contribution in [0, 0.1) is 0 Å². The molecule has 2 N–H and O–H groups in total. The minimum Gasteiger partial charge on any atom is -0.344 e. The minimum atomic E-state index is -0.507. The van der Waals surface area contributed by atoms with Crippen LogP contribution >= 0.6 is 0 Å². The number of amides is 2. The standard InChI is InChI=1S/C21H21N5O4/c1-11(12-4-7-15-13(10-12)5-9-17(27)23-15)22-19(28)16-8-6-14-18(24-16)25(2)21(30)26(3)20(14)29/h4,6-8,10-11H,5,9H2,1-3H3,(H,22,28)(H,23,27)/t11-/m1/s1. The highest BCUT2D eigenvalue weighted by atomic mass is 16.2. The van der Waals surface area contributed by atoms with Crippen molar-refractivity contribution in [1.82, 2.24) is 19.4 Å². The molecule has 0 saturated heterocycles. The van der Waals surface area contributed by atoms with Crippen molar-refractivity contribution < 1.29 is 9.59 Å². The monoisotopic (exact) mass is 407 g/mol. The van der Waals surface area contributed by atoms with Crippen LogP contribution in [0.5, 0.6) is 0 Å². The van der Waals surface area contributed by atoms with E-state index in [2.05, 4.69) is 15.6 Å². The first-order chi connectivity index (χ1) is 14.3. The minimum absolute atomic E-state index is 0.00297. The molecule has 154 valence electrons. The van der Waals surface area contributed by atoms with Crippen molar-refractivity contribution in [3.63, 3.8) is 0 Å². The van der Waals surface area contributed by atoms with E-state index in [4.69, 9.17) is 0 Å². The van der Waals surface area contributed by atoms with E-state index >= 15 is 0 Å². The topological polar surface area (TPSA) is 115 Å².